The Morgan fingerprint density at radius 3 is 2.33 bits per heavy atom. The molecule has 0 radical (unpaired) electrons. The van der Waals surface area contributed by atoms with Crippen molar-refractivity contribution in [3.8, 4) is 6.07 Å². The molecule has 0 fully saturated rings. The van der Waals surface area contributed by atoms with Gasteiger partial charge in [-0.25, -0.2) is 0 Å². The van der Waals surface area contributed by atoms with Crippen molar-refractivity contribution in [3.63, 3.8) is 0 Å². The number of ether oxygens (including phenoxy) is 1. The number of nitriles is 1. The zero-order valence-electron chi connectivity index (χ0n) is 9.07. The summed E-state index contributed by atoms with van der Waals surface area (Å²) in [5.74, 6) is -1.33. The SMILES string of the molecule is COC(=O)C(C#N)c1c(C)cccc1C. The Bertz CT molecular complexity index is 398. The minimum atomic E-state index is -0.823. The maximum atomic E-state index is 11.4. The molecule has 1 aromatic carbocycles. The van der Waals surface area contributed by atoms with Gasteiger partial charge in [-0.1, -0.05) is 18.2 Å². The molecule has 0 aliphatic heterocycles. The van der Waals surface area contributed by atoms with Crippen LogP contribution < -0.4 is 0 Å². The topological polar surface area (TPSA) is 50.1 Å². The Morgan fingerprint density at radius 2 is 1.93 bits per heavy atom. The number of hydrogen-bond donors (Lipinski definition) is 0. The maximum absolute atomic E-state index is 11.4. The first-order valence-corrected chi connectivity index (χ1v) is 4.65. The van der Waals surface area contributed by atoms with E-state index in [1.807, 2.05) is 38.1 Å². The molecule has 0 aliphatic rings. The standard InChI is InChI=1S/C12H13NO2/c1-8-5-4-6-9(2)11(8)10(7-13)12(14)15-3/h4-6,10H,1-3H3. The lowest BCUT2D eigenvalue weighted by atomic mass is 9.92. The van der Waals surface area contributed by atoms with E-state index in [9.17, 15) is 4.79 Å². The summed E-state index contributed by atoms with van der Waals surface area (Å²) in [6.07, 6.45) is 0. The normalized spacial score (nSPS) is 11.6. The summed E-state index contributed by atoms with van der Waals surface area (Å²) in [4.78, 5) is 11.4. The van der Waals surface area contributed by atoms with E-state index in [-0.39, 0.29) is 0 Å². The summed E-state index contributed by atoms with van der Waals surface area (Å²) < 4.78 is 4.61. The lowest BCUT2D eigenvalue weighted by molar-refractivity contribution is -0.141. The van der Waals surface area contributed by atoms with Crippen LogP contribution in [0.1, 0.15) is 22.6 Å². The molecule has 0 N–H and O–H groups in total. The van der Waals surface area contributed by atoms with Gasteiger partial charge in [0.1, 0.15) is 0 Å². The fraction of sp³-hybridized carbons (Fsp3) is 0.333. The van der Waals surface area contributed by atoms with Crippen LogP contribution in [0.4, 0.5) is 0 Å². The third-order valence-electron chi connectivity index (χ3n) is 2.40. The second-order valence-electron chi connectivity index (χ2n) is 3.39. The first-order chi connectivity index (χ1) is 7.11. The Labute approximate surface area is 89.3 Å². The molecule has 15 heavy (non-hydrogen) atoms. The van der Waals surface area contributed by atoms with Crippen molar-refractivity contribution in [3.05, 3.63) is 34.9 Å². The molecular formula is C12H13NO2. The molecule has 1 atom stereocenters. The summed E-state index contributed by atoms with van der Waals surface area (Å²) in [6, 6.07) is 7.65. The number of hydrogen-bond acceptors (Lipinski definition) is 3. The van der Waals surface area contributed by atoms with Crippen molar-refractivity contribution in [2.24, 2.45) is 0 Å². The predicted octanol–water partition coefficient (Wildman–Crippen LogP) is 2.08. The number of carbonyl (C=O) groups excluding carboxylic acids is 1. The van der Waals surface area contributed by atoms with E-state index in [2.05, 4.69) is 4.74 Å². The highest BCUT2D eigenvalue weighted by Crippen LogP contribution is 2.24. The molecule has 0 aliphatic carbocycles. The van der Waals surface area contributed by atoms with Gasteiger partial charge in [-0.2, -0.15) is 5.26 Å². The van der Waals surface area contributed by atoms with E-state index in [0.717, 1.165) is 16.7 Å². The largest absolute Gasteiger partial charge is 0.468 e. The van der Waals surface area contributed by atoms with E-state index in [0.29, 0.717) is 0 Å². The number of esters is 1. The fourth-order valence-corrected chi connectivity index (χ4v) is 1.64. The highest BCUT2D eigenvalue weighted by molar-refractivity contribution is 5.82. The van der Waals surface area contributed by atoms with Crippen molar-refractivity contribution in [2.45, 2.75) is 19.8 Å². The number of rotatable bonds is 2. The molecule has 0 saturated heterocycles. The van der Waals surface area contributed by atoms with E-state index in [1.54, 1.807) is 0 Å². The predicted molar refractivity (Wildman–Crippen MR) is 56.3 cm³/mol. The summed E-state index contributed by atoms with van der Waals surface area (Å²) in [7, 11) is 1.29. The van der Waals surface area contributed by atoms with Gasteiger partial charge < -0.3 is 4.74 Å². The highest BCUT2D eigenvalue weighted by Gasteiger charge is 2.23. The Hall–Kier alpha value is -1.82. The van der Waals surface area contributed by atoms with Crippen LogP contribution in [0.25, 0.3) is 0 Å². The summed E-state index contributed by atoms with van der Waals surface area (Å²) in [5.41, 5.74) is 2.63. The van der Waals surface area contributed by atoms with Crippen molar-refractivity contribution in [1.82, 2.24) is 0 Å². The van der Waals surface area contributed by atoms with Crippen LogP contribution in [0.5, 0.6) is 0 Å². The molecular weight excluding hydrogens is 190 g/mol. The smallest absolute Gasteiger partial charge is 0.327 e. The van der Waals surface area contributed by atoms with Gasteiger partial charge in [0.15, 0.2) is 5.92 Å². The second-order valence-corrected chi connectivity index (χ2v) is 3.39. The third kappa shape index (κ3) is 2.16. The molecule has 0 heterocycles. The van der Waals surface area contributed by atoms with Gasteiger partial charge in [-0.3, -0.25) is 4.79 Å². The van der Waals surface area contributed by atoms with E-state index in [4.69, 9.17) is 5.26 Å². The minimum absolute atomic E-state index is 0.505. The van der Waals surface area contributed by atoms with Crippen LogP contribution in [-0.4, -0.2) is 13.1 Å². The molecule has 0 bridgehead atoms. The molecule has 0 amide bonds. The average Bonchev–Trinajstić information content (AvgIpc) is 2.22. The van der Waals surface area contributed by atoms with Crippen molar-refractivity contribution < 1.29 is 9.53 Å². The van der Waals surface area contributed by atoms with Crippen molar-refractivity contribution in [1.29, 1.82) is 5.26 Å². The number of carbonyl (C=O) groups is 1. The van der Waals surface area contributed by atoms with Crippen molar-refractivity contribution in [2.75, 3.05) is 7.11 Å². The number of nitrogens with zero attached hydrogens (tertiary/aromatic N) is 1. The number of benzene rings is 1. The van der Waals surface area contributed by atoms with E-state index < -0.39 is 11.9 Å². The van der Waals surface area contributed by atoms with Gasteiger partial charge in [-0.05, 0) is 30.5 Å². The third-order valence-corrected chi connectivity index (χ3v) is 2.40. The highest BCUT2D eigenvalue weighted by atomic mass is 16.5. The summed E-state index contributed by atoms with van der Waals surface area (Å²) in [6.45, 7) is 3.77. The van der Waals surface area contributed by atoms with Gasteiger partial charge in [0.2, 0.25) is 0 Å². The molecule has 0 aromatic heterocycles. The molecule has 0 saturated carbocycles. The van der Waals surface area contributed by atoms with Gasteiger partial charge in [-0.15, -0.1) is 0 Å². The number of aryl methyl sites for hydroxylation is 2. The molecule has 78 valence electrons. The zero-order chi connectivity index (χ0) is 11.4. The van der Waals surface area contributed by atoms with E-state index in [1.165, 1.54) is 7.11 Å². The Balaban J connectivity index is 3.25. The average molecular weight is 203 g/mol. The first-order valence-electron chi connectivity index (χ1n) is 4.65. The summed E-state index contributed by atoms with van der Waals surface area (Å²) in [5, 5.41) is 8.98. The molecule has 1 aromatic rings. The van der Waals surface area contributed by atoms with Gasteiger partial charge in [0.05, 0.1) is 13.2 Å². The van der Waals surface area contributed by atoms with Crippen LogP contribution in [0, 0.1) is 25.2 Å². The van der Waals surface area contributed by atoms with Crippen LogP contribution in [0.15, 0.2) is 18.2 Å². The lowest BCUT2D eigenvalue weighted by Gasteiger charge is -2.13. The Morgan fingerprint density at radius 1 is 1.40 bits per heavy atom. The minimum Gasteiger partial charge on any atom is -0.468 e. The zero-order valence-corrected chi connectivity index (χ0v) is 9.07. The Kier molecular flexibility index (Phi) is 3.46. The van der Waals surface area contributed by atoms with Gasteiger partial charge >= 0.3 is 5.97 Å². The quantitative estimate of drug-likeness (QED) is 0.691. The molecule has 1 rings (SSSR count). The molecule has 3 nitrogen and oxygen atoms in total. The molecule has 1 unspecified atom stereocenters. The first kappa shape index (κ1) is 11.3. The van der Waals surface area contributed by atoms with Crippen LogP contribution >= 0.6 is 0 Å². The fourth-order valence-electron chi connectivity index (χ4n) is 1.64. The van der Waals surface area contributed by atoms with Gasteiger partial charge in [0, 0.05) is 0 Å². The summed E-state index contributed by atoms with van der Waals surface area (Å²) >= 11 is 0. The van der Waals surface area contributed by atoms with Crippen LogP contribution in [-0.2, 0) is 9.53 Å². The van der Waals surface area contributed by atoms with Crippen molar-refractivity contribution >= 4 is 5.97 Å². The lowest BCUT2D eigenvalue weighted by Crippen LogP contribution is -2.14. The van der Waals surface area contributed by atoms with E-state index >= 15 is 0 Å². The molecule has 0 spiro atoms. The molecule has 3 heteroatoms. The van der Waals surface area contributed by atoms with Crippen LogP contribution in [0.2, 0.25) is 0 Å². The maximum Gasteiger partial charge on any atom is 0.327 e. The van der Waals surface area contributed by atoms with Crippen LogP contribution in [0.3, 0.4) is 0 Å². The monoisotopic (exact) mass is 203 g/mol. The van der Waals surface area contributed by atoms with Gasteiger partial charge in [0.25, 0.3) is 0 Å². The second kappa shape index (κ2) is 4.61. The number of methoxy groups -OCH3 is 1.